The normalized spacial score (nSPS) is 10.2. The van der Waals surface area contributed by atoms with Gasteiger partial charge in [-0.25, -0.2) is 0 Å². The maximum absolute atomic E-state index is 12.1. The molecule has 0 atom stereocenters. The van der Waals surface area contributed by atoms with Gasteiger partial charge >= 0.3 is 0 Å². The Bertz CT molecular complexity index is 937. The van der Waals surface area contributed by atoms with Crippen LogP contribution < -0.4 is 5.32 Å². The van der Waals surface area contributed by atoms with Gasteiger partial charge in [0.2, 0.25) is 11.8 Å². The number of nitriles is 1. The molecule has 0 aliphatic carbocycles. The Morgan fingerprint density at radius 2 is 2.04 bits per heavy atom. The fourth-order valence-electron chi connectivity index (χ4n) is 2.00. The van der Waals surface area contributed by atoms with Crippen LogP contribution in [0.1, 0.15) is 5.56 Å². The largest absolute Gasteiger partial charge is 0.411 e. The van der Waals surface area contributed by atoms with Gasteiger partial charge in [-0.1, -0.05) is 41.6 Å². The van der Waals surface area contributed by atoms with E-state index in [9.17, 15) is 4.79 Å². The molecule has 0 radical (unpaired) electrons. The van der Waals surface area contributed by atoms with Crippen LogP contribution in [0.4, 0.5) is 5.69 Å². The monoisotopic (exact) mass is 370 g/mol. The van der Waals surface area contributed by atoms with Crippen LogP contribution in [0.25, 0.3) is 11.5 Å². The zero-order valence-corrected chi connectivity index (χ0v) is 14.3. The highest BCUT2D eigenvalue weighted by Crippen LogP contribution is 2.24. The number of hydrogen-bond acceptors (Lipinski definition) is 6. The highest BCUT2D eigenvalue weighted by atomic mass is 35.5. The minimum Gasteiger partial charge on any atom is -0.411 e. The summed E-state index contributed by atoms with van der Waals surface area (Å²) in [5, 5.41) is 20.3. The van der Waals surface area contributed by atoms with E-state index in [1.165, 1.54) is 6.07 Å². The van der Waals surface area contributed by atoms with Crippen LogP contribution in [0.5, 0.6) is 0 Å². The molecule has 8 heteroatoms. The minimum atomic E-state index is -0.303. The van der Waals surface area contributed by atoms with Crippen LogP contribution in [0.15, 0.2) is 58.2 Å². The number of carbonyl (C=O) groups excluding carboxylic acids is 1. The van der Waals surface area contributed by atoms with Gasteiger partial charge in [0.05, 0.1) is 17.0 Å². The third-order valence-corrected chi connectivity index (χ3v) is 4.18. The van der Waals surface area contributed by atoms with Crippen molar-refractivity contribution in [2.45, 2.75) is 5.22 Å². The van der Waals surface area contributed by atoms with Crippen molar-refractivity contribution in [2.75, 3.05) is 11.1 Å². The van der Waals surface area contributed by atoms with Gasteiger partial charge in [0.25, 0.3) is 5.22 Å². The first-order chi connectivity index (χ1) is 12.2. The molecule has 0 spiro atoms. The van der Waals surface area contributed by atoms with Crippen molar-refractivity contribution < 1.29 is 9.21 Å². The Hall–Kier alpha value is -2.82. The Labute approximate surface area is 152 Å². The third kappa shape index (κ3) is 4.38. The average Bonchev–Trinajstić information content (AvgIpc) is 3.10. The van der Waals surface area contributed by atoms with E-state index in [4.69, 9.17) is 21.3 Å². The van der Waals surface area contributed by atoms with Gasteiger partial charge in [-0.3, -0.25) is 4.79 Å². The van der Waals surface area contributed by atoms with Crippen LogP contribution in [-0.2, 0) is 4.79 Å². The zero-order valence-electron chi connectivity index (χ0n) is 12.8. The third-order valence-electron chi connectivity index (χ3n) is 3.13. The number of hydrogen-bond donors (Lipinski definition) is 1. The molecule has 0 saturated heterocycles. The van der Waals surface area contributed by atoms with Gasteiger partial charge in [-0.05, 0) is 30.3 Å². The molecule has 2 aromatic carbocycles. The van der Waals surface area contributed by atoms with Gasteiger partial charge in [0, 0.05) is 10.6 Å². The molecular formula is C17H11ClN4O2S. The van der Waals surface area contributed by atoms with E-state index in [1.807, 2.05) is 36.4 Å². The highest BCUT2D eigenvalue weighted by molar-refractivity contribution is 7.99. The highest BCUT2D eigenvalue weighted by Gasteiger charge is 2.12. The molecule has 1 aromatic heterocycles. The van der Waals surface area contributed by atoms with E-state index < -0.39 is 0 Å². The Morgan fingerprint density at radius 3 is 2.80 bits per heavy atom. The molecule has 0 aliphatic heterocycles. The number of nitrogens with one attached hydrogen (secondary N) is 1. The van der Waals surface area contributed by atoms with Crippen LogP contribution in [0, 0.1) is 11.3 Å². The van der Waals surface area contributed by atoms with Crippen LogP contribution in [-0.4, -0.2) is 21.9 Å². The van der Waals surface area contributed by atoms with Gasteiger partial charge in [-0.15, -0.1) is 10.2 Å². The number of aromatic nitrogens is 2. The first-order valence-electron chi connectivity index (χ1n) is 7.17. The predicted molar refractivity (Wildman–Crippen MR) is 95.3 cm³/mol. The van der Waals surface area contributed by atoms with Gasteiger partial charge in [0.1, 0.15) is 6.07 Å². The summed E-state index contributed by atoms with van der Waals surface area (Å²) >= 11 is 7.00. The molecule has 3 rings (SSSR count). The van der Waals surface area contributed by atoms with Gasteiger partial charge < -0.3 is 9.73 Å². The van der Waals surface area contributed by atoms with Gasteiger partial charge in [0.15, 0.2) is 0 Å². The van der Waals surface area contributed by atoms with E-state index in [2.05, 4.69) is 15.5 Å². The van der Waals surface area contributed by atoms with Crippen molar-refractivity contribution in [3.63, 3.8) is 0 Å². The molecular weight excluding hydrogens is 360 g/mol. The molecule has 25 heavy (non-hydrogen) atoms. The maximum Gasteiger partial charge on any atom is 0.277 e. The molecule has 6 nitrogen and oxygen atoms in total. The van der Waals surface area contributed by atoms with E-state index in [1.54, 1.807) is 12.1 Å². The number of nitrogens with zero attached hydrogens (tertiary/aromatic N) is 3. The number of rotatable bonds is 5. The second-order valence-corrected chi connectivity index (χ2v) is 6.24. The molecule has 1 amide bonds. The Balaban J connectivity index is 1.61. The average molecular weight is 371 g/mol. The van der Waals surface area contributed by atoms with Crippen LogP contribution in [0.3, 0.4) is 0 Å². The molecule has 0 saturated carbocycles. The quantitative estimate of drug-likeness (QED) is 0.682. The number of thioether (sulfide) groups is 1. The molecule has 3 aromatic rings. The molecule has 0 fully saturated rings. The van der Waals surface area contributed by atoms with Crippen molar-refractivity contribution in [3.8, 4) is 17.5 Å². The Kier molecular flexibility index (Phi) is 5.33. The van der Waals surface area contributed by atoms with Crippen molar-refractivity contribution in [1.29, 1.82) is 5.26 Å². The smallest absolute Gasteiger partial charge is 0.277 e. The van der Waals surface area contributed by atoms with Crippen LogP contribution >= 0.6 is 23.4 Å². The molecule has 0 unspecified atom stereocenters. The lowest BCUT2D eigenvalue weighted by Gasteiger charge is -2.06. The molecule has 0 bridgehead atoms. The molecule has 0 aliphatic rings. The SMILES string of the molecule is N#Cc1ccc(Cl)cc1NC(=O)CSc1nnc(-c2ccccc2)o1. The number of carbonyl (C=O) groups is 1. The lowest BCUT2D eigenvalue weighted by Crippen LogP contribution is -2.15. The van der Waals surface area contributed by atoms with Crippen LogP contribution in [0.2, 0.25) is 5.02 Å². The zero-order chi connectivity index (χ0) is 17.6. The second-order valence-electron chi connectivity index (χ2n) is 4.88. The lowest BCUT2D eigenvalue weighted by molar-refractivity contribution is -0.113. The second kappa shape index (κ2) is 7.83. The van der Waals surface area contributed by atoms with Crippen molar-refractivity contribution in [3.05, 3.63) is 59.1 Å². The van der Waals surface area contributed by atoms with Crippen molar-refractivity contribution >= 4 is 35.0 Å². The van der Waals surface area contributed by atoms with E-state index >= 15 is 0 Å². The van der Waals surface area contributed by atoms with Crippen molar-refractivity contribution in [1.82, 2.24) is 10.2 Å². The summed E-state index contributed by atoms with van der Waals surface area (Å²) in [6, 6.07) is 16.0. The number of amides is 1. The predicted octanol–water partition coefficient (Wildman–Crippen LogP) is 3.99. The summed E-state index contributed by atoms with van der Waals surface area (Å²) in [7, 11) is 0. The van der Waals surface area contributed by atoms with E-state index in [0.717, 1.165) is 17.3 Å². The first kappa shape index (κ1) is 17.0. The summed E-state index contributed by atoms with van der Waals surface area (Å²) in [6.07, 6.45) is 0. The summed E-state index contributed by atoms with van der Waals surface area (Å²) in [5.41, 5.74) is 1.52. The topological polar surface area (TPSA) is 91.8 Å². The Morgan fingerprint density at radius 1 is 1.24 bits per heavy atom. The molecule has 1 heterocycles. The number of anilines is 1. The summed E-state index contributed by atoms with van der Waals surface area (Å²) in [4.78, 5) is 12.1. The van der Waals surface area contributed by atoms with Gasteiger partial charge in [-0.2, -0.15) is 5.26 Å². The summed E-state index contributed by atoms with van der Waals surface area (Å²) < 4.78 is 5.52. The first-order valence-corrected chi connectivity index (χ1v) is 8.53. The fraction of sp³-hybridized carbons (Fsp3) is 0.0588. The maximum atomic E-state index is 12.1. The number of benzene rings is 2. The molecule has 124 valence electrons. The van der Waals surface area contributed by atoms with E-state index in [-0.39, 0.29) is 11.7 Å². The molecule has 1 N–H and O–H groups in total. The summed E-state index contributed by atoms with van der Waals surface area (Å²) in [5.74, 6) is 0.154. The summed E-state index contributed by atoms with van der Waals surface area (Å²) in [6.45, 7) is 0. The lowest BCUT2D eigenvalue weighted by atomic mass is 10.2. The number of halogens is 1. The van der Waals surface area contributed by atoms with Crippen molar-refractivity contribution in [2.24, 2.45) is 0 Å². The van der Waals surface area contributed by atoms with E-state index in [0.29, 0.717) is 27.4 Å². The standard InChI is InChI=1S/C17H11ClN4O2S/c18-13-7-6-12(9-19)14(8-13)20-15(23)10-25-17-22-21-16(24-17)11-4-2-1-3-5-11/h1-8H,10H2,(H,20,23). The minimum absolute atomic E-state index is 0.0633. The fourth-order valence-corrected chi connectivity index (χ4v) is 2.73.